The fraction of sp³-hybridized carbons (Fsp3) is 0.385. The van der Waals surface area contributed by atoms with E-state index in [4.69, 9.17) is 14.2 Å². The SMILES string of the molecule is COc1cc([C@@H]2CCOC(=O)N2)ccc1OC(C)=O.Cl. The van der Waals surface area contributed by atoms with Gasteiger partial charge in [-0.1, -0.05) is 6.07 Å². The lowest BCUT2D eigenvalue weighted by Gasteiger charge is -2.24. The van der Waals surface area contributed by atoms with Crippen LogP contribution in [0.2, 0.25) is 0 Å². The maximum absolute atomic E-state index is 11.2. The van der Waals surface area contributed by atoms with Crippen LogP contribution in [0.3, 0.4) is 0 Å². The van der Waals surface area contributed by atoms with Crippen LogP contribution in [0.25, 0.3) is 0 Å². The Bertz CT molecular complexity index is 506. The van der Waals surface area contributed by atoms with Gasteiger partial charge in [0.1, 0.15) is 0 Å². The number of benzene rings is 1. The Kier molecular flexibility index (Phi) is 5.64. The summed E-state index contributed by atoms with van der Waals surface area (Å²) in [6.45, 7) is 1.70. The number of hydrogen-bond acceptors (Lipinski definition) is 5. The van der Waals surface area contributed by atoms with E-state index >= 15 is 0 Å². The van der Waals surface area contributed by atoms with Crippen molar-refractivity contribution in [3.8, 4) is 11.5 Å². The Morgan fingerprint density at radius 2 is 2.15 bits per heavy atom. The van der Waals surface area contributed by atoms with E-state index in [0.717, 1.165) is 5.56 Å². The number of esters is 1. The second-order valence-electron chi connectivity index (χ2n) is 4.13. The molecule has 1 aromatic rings. The van der Waals surface area contributed by atoms with E-state index in [-0.39, 0.29) is 18.4 Å². The molecule has 0 unspecified atom stereocenters. The molecule has 2 rings (SSSR count). The third kappa shape index (κ3) is 3.77. The second kappa shape index (κ2) is 7.00. The van der Waals surface area contributed by atoms with Crippen molar-refractivity contribution in [2.45, 2.75) is 19.4 Å². The lowest BCUT2D eigenvalue weighted by molar-refractivity contribution is -0.132. The smallest absolute Gasteiger partial charge is 0.407 e. The minimum absolute atomic E-state index is 0. The van der Waals surface area contributed by atoms with Gasteiger partial charge in [-0.25, -0.2) is 4.79 Å². The zero-order valence-corrected chi connectivity index (χ0v) is 12.0. The van der Waals surface area contributed by atoms with E-state index < -0.39 is 12.1 Å². The number of alkyl carbamates (subject to hydrolysis) is 1. The summed E-state index contributed by atoms with van der Waals surface area (Å²) in [7, 11) is 1.49. The normalized spacial score (nSPS) is 17.3. The van der Waals surface area contributed by atoms with Crippen LogP contribution in [0.4, 0.5) is 4.79 Å². The van der Waals surface area contributed by atoms with Crippen LogP contribution < -0.4 is 14.8 Å². The molecule has 0 bridgehead atoms. The van der Waals surface area contributed by atoms with Crippen LogP contribution in [0.15, 0.2) is 18.2 Å². The van der Waals surface area contributed by atoms with Crippen LogP contribution in [0.5, 0.6) is 11.5 Å². The molecule has 1 heterocycles. The molecule has 6 nitrogen and oxygen atoms in total. The molecule has 1 fully saturated rings. The zero-order chi connectivity index (χ0) is 13.8. The van der Waals surface area contributed by atoms with Gasteiger partial charge in [-0.3, -0.25) is 4.79 Å². The highest BCUT2D eigenvalue weighted by Crippen LogP contribution is 2.32. The van der Waals surface area contributed by atoms with E-state index in [1.165, 1.54) is 14.0 Å². The molecular formula is C13H16ClNO5. The number of nitrogens with one attached hydrogen (secondary N) is 1. The summed E-state index contributed by atoms with van der Waals surface area (Å²) in [6.07, 6.45) is 0.251. The van der Waals surface area contributed by atoms with Crippen molar-refractivity contribution in [3.63, 3.8) is 0 Å². The summed E-state index contributed by atoms with van der Waals surface area (Å²) < 4.78 is 15.0. The number of carbonyl (C=O) groups is 2. The molecule has 1 aromatic carbocycles. The predicted molar refractivity (Wildman–Crippen MR) is 73.4 cm³/mol. The van der Waals surface area contributed by atoms with Crippen molar-refractivity contribution in [2.75, 3.05) is 13.7 Å². The van der Waals surface area contributed by atoms with Crippen LogP contribution >= 0.6 is 12.4 Å². The number of hydrogen-bond donors (Lipinski definition) is 1. The van der Waals surface area contributed by atoms with Gasteiger partial charge in [0.25, 0.3) is 0 Å². The van der Waals surface area contributed by atoms with Crippen LogP contribution in [0, 0.1) is 0 Å². The maximum Gasteiger partial charge on any atom is 0.407 e. The third-order valence-corrected chi connectivity index (χ3v) is 2.78. The van der Waals surface area contributed by atoms with Crippen LogP contribution in [0.1, 0.15) is 24.9 Å². The van der Waals surface area contributed by atoms with E-state index in [9.17, 15) is 9.59 Å². The summed E-state index contributed by atoms with van der Waals surface area (Å²) in [4.78, 5) is 22.1. The molecule has 1 atom stereocenters. The van der Waals surface area contributed by atoms with E-state index in [2.05, 4.69) is 5.32 Å². The summed E-state index contributed by atoms with van der Waals surface area (Å²) in [6, 6.07) is 5.06. The summed E-state index contributed by atoms with van der Waals surface area (Å²) >= 11 is 0. The lowest BCUT2D eigenvalue weighted by atomic mass is 10.0. The Morgan fingerprint density at radius 3 is 2.75 bits per heavy atom. The van der Waals surface area contributed by atoms with Crippen molar-refractivity contribution in [3.05, 3.63) is 23.8 Å². The topological polar surface area (TPSA) is 73.9 Å². The van der Waals surface area contributed by atoms with Gasteiger partial charge >= 0.3 is 12.1 Å². The second-order valence-corrected chi connectivity index (χ2v) is 4.13. The summed E-state index contributed by atoms with van der Waals surface area (Å²) in [5.41, 5.74) is 0.879. The molecule has 0 spiro atoms. The molecule has 1 aliphatic rings. The minimum atomic E-state index is -0.431. The molecule has 0 aromatic heterocycles. The largest absolute Gasteiger partial charge is 0.493 e. The highest BCUT2D eigenvalue weighted by Gasteiger charge is 2.22. The van der Waals surface area contributed by atoms with Gasteiger partial charge in [-0.15, -0.1) is 12.4 Å². The molecule has 20 heavy (non-hydrogen) atoms. The first-order valence-electron chi connectivity index (χ1n) is 5.90. The highest BCUT2D eigenvalue weighted by molar-refractivity contribution is 5.85. The van der Waals surface area contributed by atoms with Crippen molar-refractivity contribution < 1.29 is 23.8 Å². The number of cyclic esters (lactones) is 1. The van der Waals surface area contributed by atoms with Crippen molar-refractivity contribution in [1.82, 2.24) is 5.32 Å². The number of carbonyl (C=O) groups excluding carboxylic acids is 2. The first-order valence-corrected chi connectivity index (χ1v) is 5.90. The fourth-order valence-corrected chi connectivity index (χ4v) is 1.92. The van der Waals surface area contributed by atoms with Gasteiger partial charge in [0.15, 0.2) is 11.5 Å². The summed E-state index contributed by atoms with van der Waals surface area (Å²) in [5, 5.41) is 2.72. The Labute approximate surface area is 122 Å². The summed E-state index contributed by atoms with van der Waals surface area (Å²) in [5.74, 6) is 0.399. The first-order chi connectivity index (χ1) is 9.10. The zero-order valence-electron chi connectivity index (χ0n) is 11.2. The standard InChI is InChI=1S/C13H15NO5.ClH/c1-8(15)19-11-4-3-9(7-12(11)17-2)10-5-6-18-13(16)14-10;/h3-4,7,10H,5-6H2,1-2H3,(H,14,16);1H/t10-;/m0./s1. The van der Waals surface area contributed by atoms with E-state index in [1.54, 1.807) is 18.2 Å². The minimum Gasteiger partial charge on any atom is -0.493 e. The first kappa shape index (κ1) is 16.1. The van der Waals surface area contributed by atoms with Crippen molar-refractivity contribution >= 4 is 24.5 Å². The van der Waals surface area contributed by atoms with Gasteiger partial charge in [0.2, 0.25) is 0 Å². The molecule has 0 saturated carbocycles. The Morgan fingerprint density at radius 1 is 1.40 bits per heavy atom. The number of ether oxygens (including phenoxy) is 3. The molecular weight excluding hydrogens is 286 g/mol. The fourth-order valence-electron chi connectivity index (χ4n) is 1.92. The maximum atomic E-state index is 11.2. The Hall–Kier alpha value is -1.95. The monoisotopic (exact) mass is 301 g/mol. The molecule has 1 N–H and O–H groups in total. The predicted octanol–water partition coefficient (Wildman–Crippen LogP) is 2.21. The lowest BCUT2D eigenvalue weighted by Crippen LogP contribution is -2.35. The van der Waals surface area contributed by atoms with Gasteiger partial charge < -0.3 is 19.5 Å². The van der Waals surface area contributed by atoms with Crippen molar-refractivity contribution in [2.24, 2.45) is 0 Å². The number of methoxy groups -OCH3 is 1. The molecule has 0 radical (unpaired) electrons. The van der Waals surface area contributed by atoms with E-state index in [1.807, 2.05) is 0 Å². The average Bonchev–Trinajstić information content (AvgIpc) is 2.38. The highest BCUT2D eigenvalue weighted by atomic mass is 35.5. The molecule has 1 aliphatic heterocycles. The molecule has 110 valence electrons. The molecule has 1 amide bonds. The van der Waals surface area contributed by atoms with Gasteiger partial charge in [0, 0.05) is 13.3 Å². The molecule has 7 heteroatoms. The van der Waals surface area contributed by atoms with Crippen molar-refractivity contribution in [1.29, 1.82) is 0 Å². The quantitative estimate of drug-likeness (QED) is 0.684. The van der Waals surface area contributed by atoms with Gasteiger partial charge in [-0.2, -0.15) is 0 Å². The number of amides is 1. The molecule has 0 aliphatic carbocycles. The Balaban J connectivity index is 0.00000200. The molecule has 1 saturated heterocycles. The van der Waals surface area contributed by atoms with Gasteiger partial charge in [0.05, 0.1) is 19.8 Å². The number of halogens is 1. The average molecular weight is 302 g/mol. The van der Waals surface area contributed by atoms with Gasteiger partial charge in [-0.05, 0) is 17.7 Å². The van der Waals surface area contributed by atoms with E-state index in [0.29, 0.717) is 24.5 Å². The van der Waals surface area contributed by atoms with Crippen LogP contribution in [-0.2, 0) is 9.53 Å². The number of rotatable bonds is 3. The van der Waals surface area contributed by atoms with Crippen LogP contribution in [-0.4, -0.2) is 25.8 Å². The third-order valence-electron chi connectivity index (χ3n) is 2.78.